The van der Waals surface area contributed by atoms with Crippen LogP contribution in [0.1, 0.15) is 0 Å². The molecule has 0 saturated heterocycles. The zero-order valence-corrected chi connectivity index (χ0v) is 4.72. The molecule has 4 heteroatoms. The SMILES string of the molecule is [Al].[Cr].[KH].[Ni]. The molecule has 0 nitrogen and oxygen atoms in total. The Hall–Kier alpha value is 3.19. The largest absolute Gasteiger partial charge is 0 e. The van der Waals surface area contributed by atoms with Crippen LogP contribution >= 0.6 is 0 Å². The summed E-state index contributed by atoms with van der Waals surface area (Å²) in [6.45, 7) is 0. The summed E-state index contributed by atoms with van der Waals surface area (Å²) in [6, 6.07) is 0. The van der Waals surface area contributed by atoms with Gasteiger partial charge in [0.2, 0.25) is 0 Å². The average molecular weight is 178 g/mol. The first-order valence-electron chi connectivity index (χ1n) is 0. The molecule has 0 heterocycles. The van der Waals surface area contributed by atoms with Gasteiger partial charge in [0.15, 0.2) is 0 Å². The summed E-state index contributed by atoms with van der Waals surface area (Å²) in [5.41, 5.74) is 0. The van der Waals surface area contributed by atoms with Crippen LogP contribution < -0.4 is 0 Å². The first-order valence-corrected chi connectivity index (χ1v) is 0. The van der Waals surface area contributed by atoms with Crippen molar-refractivity contribution in [1.29, 1.82) is 0 Å². The van der Waals surface area contributed by atoms with Crippen molar-refractivity contribution in [1.82, 2.24) is 0 Å². The fraction of sp³-hybridized carbons (Fsp3) is 0. The van der Waals surface area contributed by atoms with Gasteiger partial charge in [0.1, 0.15) is 0 Å². The molecule has 0 N–H and O–H groups in total. The van der Waals surface area contributed by atoms with Gasteiger partial charge in [-0.25, -0.2) is 0 Å². The summed E-state index contributed by atoms with van der Waals surface area (Å²) in [6.07, 6.45) is 0. The van der Waals surface area contributed by atoms with E-state index in [1.807, 2.05) is 0 Å². The predicted octanol–water partition coefficient (Wildman–Crippen LogP) is -1.03. The van der Waals surface area contributed by atoms with Crippen LogP contribution in [0.4, 0.5) is 0 Å². The molecule has 0 fully saturated rings. The van der Waals surface area contributed by atoms with Gasteiger partial charge in [-0.15, -0.1) is 0 Å². The Labute approximate surface area is 100 Å². The molecule has 0 aromatic heterocycles. The molecule has 4 heavy (non-hydrogen) atoms. The van der Waals surface area contributed by atoms with E-state index in [-0.39, 0.29) is 103 Å². The Balaban J connectivity index is 0. The molecule has 0 bridgehead atoms. The molecule has 3 radical (unpaired) electrons. The minimum absolute atomic E-state index is 0. The van der Waals surface area contributed by atoms with Crippen molar-refractivity contribution in [3.63, 3.8) is 0 Å². The van der Waals surface area contributed by atoms with Crippen molar-refractivity contribution < 1.29 is 33.9 Å². The van der Waals surface area contributed by atoms with E-state index in [1.165, 1.54) is 0 Å². The van der Waals surface area contributed by atoms with Crippen LogP contribution in [0, 0.1) is 0 Å². The van der Waals surface area contributed by atoms with Gasteiger partial charge in [-0.05, 0) is 0 Å². The minimum Gasteiger partial charge on any atom is 0 e. The van der Waals surface area contributed by atoms with E-state index in [1.54, 1.807) is 0 Å². The van der Waals surface area contributed by atoms with Gasteiger partial charge in [-0.3, -0.25) is 0 Å². The number of hydrogen-bond acceptors (Lipinski definition) is 0. The Kier molecular flexibility index (Phi) is 111. The molecule has 0 rings (SSSR count). The van der Waals surface area contributed by atoms with Gasteiger partial charge in [0.25, 0.3) is 0 Å². The quantitative estimate of drug-likeness (QED) is 0.415. The summed E-state index contributed by atoms with van der Waals surface area (Å²) < 4.78 is 0. The van der Waals surface area contributed by atoms with Gasteiger partial charge in [-0.2, -0.15) is 0 Å². The molecular formula is HAlCrKNi. The van der Waals surface area contributed by atoms with Crippen molar-refractivity contribution in [2.75, 3.05) is 0 Å². The molecule has 0 saturated carbocycles. The van der Waals surface area contributed by atoms with E-state index in [0.717, 1.165) is 0 Å². The molecule has 0 atom stereocenters. The first-order chi connectivity index (χ1) is 0. The summed E-state index contributed by atoms with van der Waals surface area (Å²) in [4.78, 5) is 0. The van der Waals surface area contributed by atoms with E-state index in [4.69, 9.17) is 0 Å². The van der Waals surface area contributed by atoms with E-state index < -0.39 is 0 Å². The third-order valence-corrected chi connectivity index (χ3v) is 0. The van der Waals surface area contributed by atoms with Crippen LogP contribution in [0.5, 0.6) is 0 Å². The zero-order chi connectivity index (χ0) is 0. The fourth-order valence-electron chi connectivity index (χ4n) is 0. The third-order valence-electron chi connectivity index (χ3n) is 0. The summed E-state index contributed by atoms with van der Waals surface area (Å²) in [7, 11) is 0. The van der Waals surface area contributed by atoms with E-state index >= 15 is 0 Å². The molecule has 0 amide bonds. The van der Waals surface area contributed by atoms with E-state index in [9.17, 15) is 0 Å². The van der Waals surface area contributed by atoms with Crippen molar-refractivity contribution in [2.24, 2.45) is 0 Å². The van der Waals surface area contributed by atoms with Crippen LogP contribution in [-0.2, 0) is 33.9 Å². The average Bonchev–Trinajstić information content (AvgIpc) is 0. The minimum atomic E-state index is 0. The van der Waals surface area contributed by atoms with Crippen molar-refractivity contribution in [3.8, 4) is 0 Å². The van der Waals surface area contributed by atoms with Gasteiger partial charge in [0.05, 0.1) is 0 Å². The Morgan fingerprint density at radius 2 is 1.00 bits per heavy atom. The normalized spacial score (nSPS) is 0. The summed E-state index contributed by atoms with van der Waals surface area (Å²) in [5, 5.41) is 0. The second-order valence-corrected chi connectivity index (χ2v) is 0. The smallest absolute Gasteiger partial charge is 0 e. The van der Waals surface area contributed by atoms with Crippen molar-refractivity contribution >= 4 is 68.7 Å². The Bertz CT molecular complexity index is 8.00. The van der Waals surface area contributed by atoms with Gasteiger partial charge < -0.3 is 0 Å². The predicted molar refractivity (Wildman–Crippen MR) is 12.9 cm³/mol. The third kappa shape index (κ3) is 8.96. The topological polar surface area (TPSA) is 0 Å². The Morgan fingerprint density at radius 3 is 1.00 bits per heavy atom. The molecule has 0 unspecified atom stereocenters. The first kappa shape index (κ1) is 27.1. The molecule has 0 aromatic carbocycles. The van der Waals surface area contributed by atoms with E-state index in [0.29, 0.717) is 0 Å². The van der Waals surface area contributed by atoms with Crippen LogP contribution in [0.2, 0.25) is 0 Å². The molecule has 0 aromatic rings. The second-order valence-electron chi connectivity index (χ2n) is 0. The number of rotatable bonds is 0. The van der Waals surface area contributed by atoms with Crippen LogP contribution in [0.15, 0.2) is 0 Å². The monoisotopic (exact) mass is 177 g/mol. The van der Waals surface area contributed by atoms with Gasteiger partial charge in [-0.1, -0.05) is 0 Å². The zero-order valence-electron chi connectivity index (χ0n) is 1.30. The molecule has 0 aliphatic rings. The van der Waals surface area contributed by atoms with Crippen LogP contribution in [0.3, 0.4) is 0 Å². The Morgan fingerprint density at radius 1 is 1.00 bits per heavy atom. The molecule has 0 aliphatic heterocycles. The van der Waals surface area contributed by atoms with E-state index in [2.05, 4.69) is 0 Å². The second kappa shape index (κ2) is 16.4. The molecule has 0 spiro atoms. The molecular weight excluding hydrogens is 177 g/mol. The fourth-order valence-corrected chi connectivity index (χ4v) is 0. The molecule has 21 valence electrons. The summed E-state index contributed by atoms with van der Waals surface area (Å²) >= 11 is 0. The maximum Gasteiger partial charge on any atom is 0 e. The molecule has 0 aliphatic carbocycles. The van der Waals surface area contributed by atoms with Crippen LogP contribution in [0.25, 0.3) is 0 Å². The standard InChI is InChI=1S/Al.Cr.K.Ni.H. The van der Waals surface area contributed by atoms with Crippen LogP contribution in [-0.4, -0.2) is 68.7 Å². The van der Waals surface area contributed by atoms with Crippen molar-refractivity contribution in [2.45, 2.75) is 0 Å². The summed E-state index contributed by atoms with van der Waals surface area (Å²) in [5.74, 6) is 0. The number of hydrogen-bond donors (Lipinski definition) is 0. The maximum atomic E-state index is 0. The van der Waals surface area contributed by atoms with Gasteiger partial charge >= 0.3 is 51.4 Å². The maximum absolute atomic E-state index is 0. The van der Waals surface area contributed by atoms with Gasteiger partial charge in [0, 0.05) is 51.2 Å². The van der Waals surface area contributed by atoms with Crippen molar-refractivity contribution in [3.05, 3.63) is 0 Å².